The molecule has 94 valence electrons. The third kappa shape index (κ3) is 4.34. The molecule has 0 bridgehead atoms. The molecular formula is C11H13F3N2O. The highest BCUT2D eigenvalue weighted by Crippen LogP contribution is 2.20. The zero-order valence-corrected chi connectivity index (χ0v) is 9.29. The van der Waals surface area contributed by atoms with Crippen LogP contribution in [0.4, 0.5) is 18.9 Å². The van der Waals surface area contributed by atoms with Crippen LogP contribution in [0.3, 0.4) is 0 Å². The fraction of sp³-hybridized carbons (Fsp3) is 0.364. The molecule has 1 rings (SSSR count). The van der Waals surface area contributed by atoms with Crippen LogP contribution >= 0.6 is 0 Å². The van der Waals surface area contributed by atoms with E-state index < -0.39 is 18.5 Å². The number of halogens is 3. The number of alkyl halides is 3. The van der Waals surface area contributed by atoms with Gasteiger partial charge in [0.2, 0.25) is 0 Å². The summed E-state index contributed by atoms with van der Waals surface area (Å²) >= 11 is 0. The van der Waals surface area contributed by atoms with Gasteiger partial charge in [-0.15, -0.1) is 0 Å². The van der Waals surface area contributed by atoms with E-state index in [4.69, 9.17) is 5.73 Å². The number of nitrogens with two attached hydrogens (primary N) is 1. The molecule has 0 aliphatic rings. The van der Waals surface area contributed by atoms with Crippen LogP contribution in [0.15, 0.2) is 24.3 Å². The Kier molecular flexibility index (Phi) is 3.98. The van der Waals surface area contributed by atoms with Gasteiger partial charge in [-0.2, -0.15) is 13.2 Å². The predicted molar refractivity (Wildman–Crippen MR) is 58.5 cm³/mol. The van der Waals surface area contributed by atoms with Crippen molar-refractivity contribution in [2.75, 3.05) is 19.3 Å². The molecule has 0 aliphatic carbocycles. The van der Waals surface area contributed by atoms with Gasteiger partial charge in [0.25, 0.3) is 5.91 Å². The molecule has 0 saturated heterocycles. The van der Waals surface area contributed by atoms with Crippen LogP contribution in [-0.4, -0.2) is 30.6 Å². The molecule has 1 aromatic rings. The molecule has 0 aromatic heterocycles. The summed E-state index contributed by atoms with van der Waals surface area (Å²) in [7, 11) is 1.33. The Labute approximate surface area is 97.0 Å². The first-order valence-corrected chi connectivity index (χ1v) is 4.97. The molecule has 3 nitrogen and oxygen atoms in total. The van der Waals surface area contributed by atoms with Crippen LogP contribution in [0, 0.1) is 0 Å². The molecule has 2 N–H and O–H groups in total. The number of carbonyl (C=O) groups excluding carboxylic acids is 1. The lowest BCUT2D eigenvalue weighted by Crippen LogP contribution is -2.30. The van der Waals surface area contributed by atoms with E-state index in [1.807, 2.05) is 0 Å². The van der Waals surface area contributed by atoms with Crippen LogP contribution in [-0.2, 0) is 0 Å². The van der Waals surface area contributed by atoms with Crippen LogP contribution in [0.2, 0.25) is 0 Å². The zero-order chi connectivity index (χ0) is 13.1. The summed E-state index contributed by atoms with van der Waals surface area (Å²) in [6.45, 7) is -0.364. The Morgan fingerprint density at radius 2 is 2.06 bits per heavy atom. The fourth-order valence-electron chi connectivity index (χ4n) is 1.29. The minimum Gasteiger partial charge on any atom is -0.399 e. The normalized spacial score (nSPS) is 11.3. The Hall–Kier alpha value is -1.72. The van der Waals surface area contributed by atoms with Gasteiger partial charge in [-0.3, -0.25) is 4.79 Å². The highest BCUT2D eigenvalue weighted by Gasteiger charge is 2.28. The largest absolute Gasteiger partial charge is 0.399 e. The summed E-state index contributed by atoms with van der Waals surface area (Å²) in [6, 6.07) is 6.14. The van der Waals surface area contributed by atoms with Crippen molar-refractivity contribution in [3.8, 4) is 0 Å². The number of hydrogen-bond donors (Lipinski definition) is 1. The lowest BCUT2D eigenvalue weighted by molar-refractivity contribution is -0.136. The molecule has 0 radical (unpaired) electrons. The van der Waals surface area contributed by atoms with Crippen LogP contribution < -0.4 is 5.73 Å². The van der Waals surface area contributed by atoms with Crippen molar-refractivity contribution >= 4 is 11.6 Å². The number of nitrogen functional groups attached to an aromatic ring is 1. The fourth-order valence-corrected chi connectivity index (χ4v) is 1.29. The van der Waals surface area contributed by atoms with E-state index in [0.717, 1.165) is 4.90 Å². The lowest BCUT2D eigenvalue weighted by Gasteiger charge is -2.18. The van der Waals surface area contributed by atoms with Gasteiger partial charge in [-0.1, -0.05) is 6.07 Å². The Morgan fingerprint density at radius 1 is 1.41 bits per heavy atom. The van der Waals surface area contributed by atoms with E-state index in [-0.39, 0.29) is 12.1 Å². The zero-order valence-electron chi connectivity index (χ0n) is 9.29. The number of hydrogen-bond acceptors (Lipinski definition) is 2. The van der Waals surface area contributed by atoms with Crippen molar-refractivity contribution in [2.45, 2.75) is 12.6 Å². The van der Waals surface area contributed by atoms with Crippen LogP contribution in [0.5, 0.6) is 0 Å². The number of amides is 1. The van der Waals surface area contributed by atoms with Crippen LogP contribution in [0.1, 0.15) is 16.8 Å². The first-order chi connectivity index (χ1) is 7.79. The van der Waals surface area contributed by atoms with E-state index in [1.54, 1.807) is 12.1 Å². The molecule has 0 aliphatic heterocycles. The maximum atomic E-state index is 12.0. The van der Waals surface area contributed by atoms with Gasteiger partial charge < -0.3 is 10.6 Å². The maximum Gasteiger partial charge on any atom is 0.390 e. The highest BCUT2D eigenvalue weighted by atomic mass is 19.4. The SMILES string of the molecule is CN(CCC(F)(F)F)C(=O)c1cccc(N)c1. The number of nitrogens with zero attached hydrogens (tertiary/aromatic N) is 1. The molecule has 0 saturated carbocycles. The van der Waals surface area contributed by atoms with E-state index >= 15 is 0 Å². The Bertz CT molecular complexity index is 404. The van der Waals surface area contributed by atoms with Crippen molar-refractivity contribution < 1.29 is 18.0 Å². The average molecular weight is 246 g/mol. The first kappa shape index (κ1) is 13.3. The van der Waals surface area contributed by atoms with Gasteiger partial charge in [-0.05, 0) is 18.2 Å². The molecule has 0 atom stereocenters. The smallest absolute Gasteiger partial charge is 0.390 e. The molecule has 0 unspecified atom stereocenters. The van der Waals surface area contributed by atoms with Gasteiger partial charge in [0.1, 0.15) is 0 Å². The summed E-state index contributed by atoms with van der Waals surface area (Å²) in [5.74, 6) is -0.471. The maximum absolute atomic E-state index is 12.0. The van der Waals surface area contributed by atoms with Gasteiger partial charge in [0, 0.05) is 24.8 Å². The summed E-state index contributed by atoms with van der Waals surface area (Å²) < 4.78 is 36.0. The second-order valence-corrected chi connectivity index (χ2v) is 3.72. The molecule has 0 fully saturated rings. The highest BCUT2D eigenvalue weighted by molar-refractivity contribution is 5.94. The molecule has 6 heteroatoms. The average Bonchev–Trinajstić information content (AvgIpc) is 2.24. The first-order valence-electron chi connectivity index (χ1n) is 4.97. The summed E-state index contributed by atoms with van der Waals surface area (Å²) in [5.41, 5.74) is 6.18. The van der Waals surface area contributed by atoms with Crippen molar-refractivity contribution in [1.82, 2.24) is 4.90 Å². The second-order valence-electron chi connectivity index (χ2n) is 3.72. The molecule has 0 heterocycles. The second kappa shape index (κ2) is 5.07. The standard InChI is InChI=1S/C11H13F3N2O/c1-16(6-5-11(12,13)14)10(17)8-3-2-4-9(15)7-8/h2-4,7H,5-6,15H2,1H3. The van der Waals surface area contributed by atoms with Crippen LogP contribution in [0.25, 0.3) is 0 Å². The topological polar surface area (TPSA) is 46.3 Å². The minimum atomic E-state index is -4.26. The van der Waals surface area contributed by atoms with Gasteiger partial charge >= 0.3 is 6.18 Å². The summed E-state index contributed by atoms with van der Waals surface area (Å²) in [4.78, 5) is 12.7. The summed E-state index contributed by atoms with van der Waals surface area (Å²) in [6.07, 6.45) is -5.28. The van der Waals surface area contributed by atoms with Crippen molar-refractivity contribution in [1.29, 1.82) is 0 Å². The van der Waals surface area contributed by atoms with E-state index in [9.17, 15) is 18.0 Å². The minimum absolute atomic E-state index is 0.287. The van der Waals surface area contributed by atoms with Gasteiger partial charge in [-0.25, -0.2) is 0 Å². The molecule has 1 amide bonds. The number of benzene rings is 1. The molecule has 1 aromatic carbocycles. The summed E-state index contributed by atoms with van der Waals surface area (Å²) in [5, 5.41) is 0. The van der Waals surface area contributed by atoms with Crippen molar-refractivity contribution in [3.05, 3.63) is 29.8 Å². The van der Waals surface area contributed by atoms with Crippen molar-refractivity contribution in [3.63, 3.8) is 0 Å². The van der Waals surface area contributed by atoms with Gasteiger partial charge in [0.15, 0.2) is 0 Å². The third-order valence-electron chi connectivity index (χ3n) is 2.21. The molecular weight excluding hydrogens is 233 g/mol. The molecule has 17 heavy (non-hydrogen) atoms. The third-order valence-corrected chi connectivity index (χ3v) is 2.21. The Morgan fingerprint density at radius 3 is 2.59 bits per heavy atom. The lowest BCUT2D eigenvalue weighted by atomic mass is 10.2. The number of rotatable bonds is 3. The monoisotopic (exact) mass is 246 g/mol. The van der Waals surface area contributed by atoms with Crippen molar-refractivity contribution in [2.24, 2.45) is 0 Å². The Balaban J connectivity index is 2.64. The van der Waals surface area contributed by atoms with Gasteiger partial charge in [0.05, 0.1) is 6.42 Å². The number of carbonyl (C=O) groups is 1. The predicted octanol–water partition coefficient (Wildman–Crippen LogP) is 2.29. The van der Waals surface area contributed by atoms with E-state index in [2.05, 4.69) is 0 Å². The quantitative estimate of drug-likeness (QED) is 0.832. The molecule has 0 spiro atoms. The number of anilines is 1. The van der Waals surface area contributed by atoms with E-state index in [1.165, 1.54) is 19.2 Å². The van der Waals surface area contributed by atoms with E-state index in [0.29, 0.717) is 5.69 Å².